The number of carbonyl (C=O) groups excluding carboxylic acids is 2. The summed E-state index contributed by atoms with van der Waals surface area (Å²) < 4.78 is 5.65. The predicted octanol–water partition coefficient (Wildman–Crippen LogP) is 3.76. The quantitative estimate of drug-likeness (QED) is 0.440. The summed E-state index contributed by atoms with van der Waals surface area (Å²) >= 11 is 0. The molecule has 0 aromatic heterocycles. The van der Waals surface area contributed by atoms with Crippen molar-refractivity contribution in [3.05, 3.63) is 59.2 Å². The van der Waals surface area contributed by atoms with Crippen molar-refractivity contribution in [2.45, 2.75) is 32.6 Å². The summed E-state index contributed by atoms with van der Waals surface area (Å²) in [6.07, 6.45) is 1.44. The van der Waals surface area contributed by atoms with E-state index in [1.807, 2.05) is 24.3 Å². The van der Waals surface area contributed by atoms with E-state index in [1.54, 1.807) is 0 Å². The molecule has 0 amide bonds. The number of nitrogens with one attached hydrogen (secondary N) is 1. The molecule has 2 heterocycles. The van der Waals surface area contributed by atoms with E-state index in [4.69, 9.17) is 4.74 Å². The summed E-state index contributed by atoms with van der Waals surface area (Å²) in [6, 6.07) is 13.9. The van der Waals surface area contributed by atoms with Crippen LogP contribution in [0.5, 0.6) is 5.75 Å². The molecule has 0 unspecified atom stereocenters. The maximum Gasteiger partial charge on any atom is 0.204 e. The Balaban J connectivity index is 1.11. The van der Waals surface area contributed by atoms with E-state index in [2.05, 4.69) is 47.2 Å². The number of anilines is 1. The Morgan fingerprint density at radius 2 is 1.79 bits per heavy atom. The molecule has 2 aliphatic rings. The first kappa shape index (κ1) is 23.5. The average Bonchev–Trinajstić information content (AvgIpc) is 3.22. The van der Waals surface area contributed by atoms with Gasteiger partial charge in [-0.1, -0.05) is 44.2 Å². The summed E-state index contributed by atoms with van der Waals surface area (Å²) in [5.41, 5.74) is 3.84. The van der Waals surface area contributed by atoms with Crippen molar-refractivity contribution in [2.75, 3.05) is 57.3 Å². The molecule has 6 nitrogen and oxygen atoms in total. The summed E-state index contributed by atoms with van der Waals surface area (Å²) in [4.78, 5) is 29.1. The molecule has 4 rings (SSSR count). The zero-order valence-electron chi connectivity index (χ0n) is 19.8. The van der Waals surface area contributed by atoms with Gasteiger partial charge in [-0.3, -0.25) is 14.5 Å². The van der Waals surface area contributed by atoms with Gasteiger partial charge < -0.3 is 15.0 Å². The Bertz CT molecular complexity index is 963. The fraction of sp³-hybridized carbons (Fsp3) is 0.481. The van der Waals surface area contributed by atoms with Crippen LogP contribution in [0.2, 0.25) is 0 Å². The zero-order valence-corrected chi connectivity index (χ0v) is 19.8. The Morgan fingerprint density at radius 3 is 2.52 bits per heavy atom. The maximum atomic E-state index is 12.4. The Kier molecular flexibility index (Phi) is 7.78. The monoisotopic (exact) mass is 449 g/mol. The SMILES string of the molecule is CC(C)c1ccc(C(=O)CCCNCCN2CCN(c3cccc4c3OCC4=O)CC2)cc1. The average molecular weight is 450 g/mol. The first-order chi connectivity index (χ1) is 16.0. The van der Waals surface area contributed by atoms with E-state index in [9.17, 15) is 9.59 Å². The molecule has 1 fully saturated rings. The van der Waals surface area contributed by atoms with E-state index in [-0.39, 0.29) is 18.2 Å². The molecule has 0 aliphatic carbocycles. The van der Waals surface area contributed by atoms with Gasteiger partial charge in [0.2, 0.25) is 5.78 Å². The molecule has 1 N–H and O–H groups in total. The lowest BCUT2D eigenvalue weighted by atomic mass is 9.99. The van der Waals surface area contributed by atoms with Crippen LogP contribution in [0, 0.1) is 0 Å². The topological polar surface area (TPSA) is 61.9 Å². The molecule has 176 valence electrons. The van der Waals surface area contributed by atoms with Gasteiger partial charge in [0, 0.05) is 51.3 Å². The van der Waals surface area contributed by atoms with Gasteiger partial charge >= 0.3 is 0 Å². The number of nitrogens with zero attached hydrogens (tertiary/aromatic N) is 2. The van der Waals surface area contributed by atoms with E-state index < -0.39 is 0 Å². The highest BCUT2D eigenvalue weighted by atomic mass is 16.5. The third-order valence-electron chi connectivity index (χ3n) is 6.62. The maximum absolute atomic E-state index is 12.4. The number of rotatable bonds is 10. The fourth-order valence-electron chi connectivity index (χ4n) is 4.51. The lowest BCUT2D eigenvalue weighted by Gasteiger charge is -2.36. The minimum Gasteiger partial charge on any atom is -0.482 e. The smallest absolute Gasteiger partial charge is 0.204 e. The van der Waals surface area contributed by atoms with Crippen molar-refractivity contribution in [3.8, 4) is 5.75 Å². The van der Waals surface area contributed by atoms with Crippen LogP contribution in [0.1, 0.15) is 58.9 Å². The van der Waals surface area contributed by atoms with Gasteiger partial charge in [-0.2, -0.15) is 0 Å². The van der Waals surface area contributed by atoms with Gasteiger partial charge in [0.1, 0.15) is 0 Å². The Morgan fingerprint density at radius 1 is 1.03 bits per heavy atom. The normalized spacial score (nSPS) is 16.2. The molecule has 0 spiro atoms. The predicted molar refractivity (Wildman–Crippen MR) is 132 cm³/mol. The van der Waals surface area contributed by atoms with Crippen molar-refractivity contribution in [1.29, 1.82) is 0 Å². The van der Waals surface area contributed by atoms with Crippen LogP contribution in [-0.4, -0.2) is 68.9 Å². The number of ketones is 2. The highest BCUT2D eigenvalue weighted by Gasteiger charge is 2.27. The van der Waals surface area contributed by atoms with Crippen molar-refractivity contribution >= 4 is 17.3 Å². The van der Waals surface area contributed by atoms with Gasteiger partial charge in [0.15, 0.2) is 18.1 Å². The highest BCUT2D eigenvalue weighted by Crippen LogP contribution is 2.36. The number of carbonyl (C=O) groups is 2. The molecule has 0 bridgehead atoms. The van der Waals surface area contributed by atoms with Crippen LogP contribution in [0.4, 0.5) is 5.69 Å². The summed E-state index contributed by atoms with van der Waals surface area (Å²) in [7, 11) is 0. The molecule has 0 atom stereocenters. The van der Waals surface area contributed by atoms with Crippen LogP contribution in [-0.2, 0) is 0 Å². The number of benzene rings is 2. The standard InChI is InChI=1S/C27H35N3O3/c1-20(2)21-8-10-22(11-9-21)25(31)7-4-12-28-13-14-29-15-17-30(18-16-29)24-6-3-5-23-26(32)19-33-27(23)24/h3,5-6,8-11,20,28H,4,7,12-19H2,1-2H3. The van der Waals surface area contributed by atoms with Crippen LogP contribution >= 0.6 is 0 Å². The number of para-hydroxylation sites is 1. The second-order valence-corrected chi connectivity index (χ2v) is 9.25. The van der Waals surface area contributed by atoms with E-state index >= 15 is 0 Å². The number of fused-ring (bicyclic) bond motifs is 1. The molecule has 0 radical (unpaired) electrons. The van der Waals surface area contributed by atoms with Crippen molar-refractivity contribution in [3.63, 3.8) is 0 Å². The van der Waals surface area contributed by atoms with Crippen LogP contribution in [0.25, 0.3) is 0 Å². The van der Waals surface area contributed by atoms with E-state index in [1.165, 1.54) is 5.56 Å². The minimum absolute atomic E-state index is 0.0716. The first-order valence-electron chi connectivity index (χ1n) is 12.1. The molecule has 0 saturated carbocycles. The third-order valence-corrected chi connectivity index (χ3v) is 6.62. The molecule has 2 aromatic rings. The molecule has 2 aliphatic heterocycles. The van der Waals surface area contributed by atoms with Gasteiger partial charge in [-0.25, -0.2) is 0 Å². The Hall–Kier alpha value is -2.70. The molecular weight excluding hydrogens is 414 g/mol. The summed E-state index contributed by atoms with van der Waals surface area (Å²) in [5.74, 6) is 1.53. The van der Waals surface area contributed by atoms with Crippen molar-refractivity contribution in [1.82, 2.24) is 10.2 Å². The summed E-state index contributed by atoms with van der Waals surface area (Å²) in [6.45, 7) is 11.1. The van der Waals surface area contributed by atoms with Gasteiger partial charge in [0.05, 0.1) is 11.3 Å². The lowest BCUT2D eigenvalue weighted by Crippen LogP contribution is -2.48. The first-order valence-corrected chi connectivity index (χ1v) is 12.1. The second kappa shape index (κ2) is 10.9. The number of ether oxygens (including phenoxy) is 1. The van der Waals surface area contributed by atoms with Crippen LogP contribution in [0.3, 0.4) is 0 Å². The number of piperazine rings is 1. The van der Waals surface area contributed by atoms with Crippen molar-refractivity contribution < 1.29 is 14.3 Å². The minimum atomic E-state index is 0.0716. The van der Waals surface area contributed by atoms with Gasteiger partial charge in [-0.05, 0) is 36.6 Å². The number of Topliss-reactive ketones (excluding diaryl/α,β-unsaturated/α-hetero) is 2. The number of hydrogen-bond donors (Lipinski definition) is 1. The third kappa shape index (κ3) is 5.81. The molecular formula is C27H35N3O3. The summed E-state index contributed by atoms with van der Waals surface area (Å²) in [5, 5.41) is 3.48. The molecule has 33 heavy (non-hydrogen) atoms. The molecule has 6 heteroatoms. The van der Waals surface area contributed by atoms with E-state index in [0.29, 0.717) is 17.9 Å². The highest BCUT2D eigenvalue weighted by molar-refractivity contribution is 6.04. The van der Waals surface area contributed by atoms with Gasteiger partial charge in [-0.15, -0.1) is 0 Å². The largest absolute Gasteiger partial charge is 0.482 e. The van der Waals surface area contributed by atoms with E-state index in [0.717, 1.165) is 69.2 Å². The number of hydrogen-bond acceptors (Lipinski definition) is 6. The van der Waals surface area contributed by atoms with Gasteiger partial charge in [0.25, 0.3) is 0 Å². The van der Waals surface area contributed by atoms with Crippen LogP contribution in [0.15, 0.2) is 42.5 Å². The zero-order chi connectivity index (χ0) is 23.2. The second-order valence-electron chi connectivity index (χ2n) is 9.25. The Labute approximate surface area is 196 Å². The fourth-order valence-corrected chi connectivity index (χ4v) is 4.51. The van der Waals surface area contributed by atoms with Crippen LogP contribution < -0.4 is 15.0 Å². The molecule has 1 saturated heterocycles. The molecule has 2 aromatic carbocycles. The van der Waals surface area contributed by atoms with Crippen molar-refractivity contribution in [2.24, 2.45) is 0 Å². The lowest BCUT2D eigenvalue weighted by molar-refractivity contribution is 0.0958.